The highest BCUT2D eigenvalue weighted by Crippen LogP contribution is 2.45. The molecule has 2 bridgehead atoms. The molecule has 6 atom stereocenters. The number of hydrogen-bond donors (Lipinski definition) is 2. The highest BCUT2D eigenvalue weighted by molar-refractivity contribution is 7.90. The van der Waals surface area contributed by atoms with E-state index in [0.29, 0.717) is 48.7 Å². The summed E-state index contributed by atoms with van der Waals surface area (Å²) in [5.41, 5.74) is 2.13. The number of nitrogens with one attached hydrogen (secondary N) is 2. The van der Waals surface area contributed by atoms with Gasteiger partial charge in [-0.05, 0) is 98.8 Å². The number of aryl methyl sites for hydroxylation is 1. The third-order valence-corrected chi connectivity index (χ3v) is 14.1. The molecule has 2 aromatic rings. The highest BCUT2D eigenvalue weighted by atomic mass is 35.5. The van der Waals surface area contributed by atoms with Crippen LogP contribution in [0.3, 0.4) is 0 Å². The van der Waals surface area contributed by atoms with Gasteiger partial charge in [-0.2, -0.15) is 0 Å². The lowest BCUT2D eigenvalue weighted by atomic mass is 9.69. The van der Waals surface area contributed by atoms with E-state index in [1.807, 2.05) is 19.1 Å². The molecule has 1 amide bonds. The molecule has 284 valence electrons. The van der Waals surface area contributed by atoms with Crippen molar-refractivity contribution in [2.75, 3.05) is 64.0 Å². The van der Waals surface area contributed by atoms with E-state index in [-0.39, 0.29) is 42.1 Å². The lowest BCUT2D eigenvalue weighted by molar-refractivity contribution is -0.122. The third-order valence-electron chi connectivity index (χ3n) is 12.0. The first kappa shape index (κ1) is 38.7. The Morgan fingerprint density at radius 1 is 1.10 bits per heavy atom. The number of fused-ring (bicyclic) bond motifs is 5. The number of carbonyl (C=O) groups is 2. The van der Waals surface area contributed by atoms with Crippen molar-refractivity contribution < 1.29 is 27.5 Å². The van der Waals surface area contributed by atoms with Gasteiger partial charge in [0.25, 0.3) is 5.91 Å². The number of amides is 1. The van der Waals surface area contributed by atoms with Crippen LogP contribution in [0.4, 0.5) is 5.82 Å². The number of ketones is 1. The number of allylic oxidation sites excluding steroid dienone is 2. The molecule has 2 saturated heterocycles. The number of anilines is 1. The number of halogens is 1. The van der Waals surface area contributed by atoms with Crippen molar-refractivity contribution >= 4 is 39.1 Å². The van der Waals surface area contributed by atoms with Crippen molar-refractivity contribution in [3.63, 3.8) is 0 Å². The molecule has 0 radical (unpaired) electrons. The van der Waals surface area contributed by atoms with Crippen LogP contribution >= 0.6 is 11.6 Å². The van der Waals surface area contributed by atoms with Crippen molar-refractivity contribution in [2.24, 2.45) is 17.8 Å². The predicted octanol–water partition coefficient (Wildman–Crippen LogP) is 4.77. The fourth-order valence-corrected chi connectivity index (χ4v) is 9.98. The molecule has 11 nitrogen and oxygen atoms in total. The zero-order chi connectivity index (χ0) is 35.8. The summed E-state index contributed by atoms with van der Waals surface area (Å²) in [5, 5.41) is 3.24. The van der Waals surface area contributed by atoms with Gasteiger partial charge >= 0.3 is 0 Å². The molecule has 1 saturated carbocycles. The monoisotopic (exact) mass is 755 g/mol. The summed E-state index contributed by atoms with van der Waals surface area (Å²) in [6.45, 7) is 11.5. The minimum atomic E-state index is -3.97. The molecule has 52 heavy (non-hydrogen) atoms. The number of sulfonamides is 1. The van der Waals surface area contributed by atoms with Gasteiger partial charge in [-0.25, -0.2) is 18.1 Å². The summed E-state index contributed by atoms with van der Waals surface area (Å²) in [4.78, 5) is 35.8. The van der Waals surface area contributed by atoms with Crippen LogP contribution in [0.15, 0.2) is 42.5 Å². The van der Waals surface area contributed by atoms with Gasteiger partial charge in [0.1, 0.15) is 5.69 Å². The van der Waals surface area contributed by atoms with E-state index in [9.17, 15) is 18.0 Å². The Balaban J connectivity index is 0.000000362. The standard InChI is InChI=1S/C31H36ClN3O5S.C7H14N2O.CH4/c1-19-5-3-7-27(36)24-10-8-22(24)16-35-17-31(14-4-6-21-15-23(32)9-11-25(21)31)18-40-28-13-12-26(33-29(28)35)30(37)34-41(38,39)20(19)2;1-2-9-3-4-10-6-7(9)5-8-1;/h3,7,9,11-13,15,19-20,22,24H,4-6,8,10,14,16-18H2,1-2H3,(H,34,37);7-8H,1-6H2;1H4/b7-3+;;/t19-,20+,22-,24+,31-;7-;/m00./s1. The van der Waals surface area contributed by atoms with Gasteiger partial charge in [0.15, 0.2) is 17.4 Å². The third kappa shape index (κ3) is 8.06. The van der Waals surface area contributed by atoms with Crippen LogP contribution in [0.2, 0.25) is 5.02 Å². The molecule has 5 heterocycles. The fourth-order valence-electron chi connectivity index (χ4n) is 8.51. The molecule has 2 N–H and O–H groups in total. The normalized spacial score (nSPS) is 32.1. The van der Waals surface area contributed by atoms with Crippen molar-refractivity contribution in [3.8, 4) is 5.75 Å². The number of morpholine rings is 1. The van der Waals surface area contributed by atoms with Gasteiger partial charge in [0, 0.05) is 61.7 Å². The van der Waals surface area contributed by atoms with E-state index in [1.165, 1.54) is 23.7 Å². The van der Waals surface area contributed by atoms with Crippen LogP contribution in [0.25, 0.3) is 0 Å². The van der Waals surface area contributed by atoms with Crippen LogP contribution in [0.1, 0.15) is 75.0 Å². The first-order valence-electron chi connectivity index (χ1n) is 18.5. The quantitative estimate of drug-likeness (QED) is 0.388. The van der Waals surface area contributed by atoms with Crippen molar-refractivity contribution in [3.05, 3.63) is 64.3 Å². The SMILES string of the molecule is C.C1CN2CCOC[C@@H]2CN1.C[C@@H]1[C@@H](C)C/C=C/C(=O)[C@@H]2CC[C@H]2CN2C[C@@]3(CCCc4cc(Cl)ccc43)COc3ccc(nc32)C(=O)NS1(=O)=O. The van der Waals surface area contributed by atoms with Crippen LogP contribution in [-0.4, -0.2) is 100 Å². The van der Waals surface area contributed by atoms with Gasteiger partial charge in [0.05, 0.1) is 25.1 Å². The van der Waals surface area contributed by atoms with E-state index >= 15 is 0 Å². The summed E-state index contributed by atoms with van der Waals surface area (Å²) in [6.07, 6.45) is 8.44. The van der Waals surface area contributed by atoms with Gasteiger partial charge < -0.3 is 19.7 Å². The summed E-state index contributed by atoms with van der Waals surface area (Å²) in [7, 11) is -3.97. The average molecular weight is 756 g/mol. The lowest BCUT2D eigenvalue weighted by Gasteiger charge is -2.43. The molecular formula is C39H54ClN5O6S. The van der Waals surface area contributed by atoms with Crippen LogP contribution in [0.5, 0.6) is 5.75 Å². The van der Waals surface area contributed by atoms with Gasteiger partial charge in [-0.1, -0.05) is 38.1 Å². The molecule has 1 aromatic heterocycles. The largest absolute Gasteiger partial charge is 0.489 e. The number of ether oxygens (including phenoxy) is 2. The second-order valence-corrected chi connectivity index (χ2v) is 17.7. The van der Waals surface area contributed by atoms with Gasteiger partial charge in [-0.3, -0.25) is 14.5 Å². The second-order valence-electron chi connectivity index (χ2n) is 15.2. The Hall–Kier alpha value is -3.03. The molecule has 1 aromatic carbocycles. The molecule has 2 aliphatic carbocycles. The fraction of sp³-hybridized carbons (Fsp3) is 0.615. The smallest absolute Gasteiger partial charge is 0.283 e. The highest BCUT2D eigenvalue weighted by Gasteiger charge is 2.45. The molecule has 4 aliphatic heterocycles. The average Bonchev–Trinajstić information content (AvgIpc) is 3.26. The molecule has 6 aliphatic rings. The number of piperazine rings is 1. The summed E-state index contributed by atoms with van der Waals surface area (Å²) in [6, 6.07) is 9.96. The van der Waals surface area contributed by atoms with E-state index in [1.54, 1.807) is 25.1 Å². The zero-order valence-electron chi connectivity index (χ0n) is 29.6. The maximum Gasteiger partial charge on any atom is 0.283 e. The van der Waals surface area contributed by atoms with E-state index in [0.717, 1.165) is 65.0 Å². The minimum absolute atomic E-state index is 0. The summed E-state index contributed by atoms with van der Waals surface area (Å²) < 4.78 is 40.2. The van der Waals surface area contributed by atoms with E-state index in [4.69, 9.17) is 26.1 Å². The van der Waals surface area contributed by atoms with Crippen LogP contribution in [0, 0.1) is 17.8 Å². The first-order valence-corrected chi connectivity index (χ1v) is 20.4. The number of carbonyl (C=O) groups excluding carboxylic acids is 2. The number of aromatic nitrogens is 1. The number of hydrogen-bond acceptors (Lipinski definition) is 10. The van der Waals surface area contributed by atoms with Gasteiger partial charge in [0.2, 0.25) is 10.0 Å². The summed E-state index contributed by atoms with van der Waals surface area (Å²) >= 11 is 6.36. The Morgan fingerprint density at radius 3 is 2.73 bits per heavy atom. The van der Waals surface area contributed by atoms with Crippen LogP contribution < -0.4 is 19.7 Å². The first-order chi connectivity index (χ1) is 24.5. The number of pyridine rings is 1. The number of nitrogens with zero attached hydrogens (tertiary/aromatic N) is 3. The van der Waals surface area contributed by atoms with E-state index in [2.05, 4.69) is 25.9 Å². The predicted molar refractivity (Wildman–Crippen MR) is 204 cm³/mol. The number of benzene rings is 1. The molecule has 3 fully saturated rings. The minimum Gasteiger partial charge on any atom is -0.489 e. The second kappa shape index (κ2) is 16.1. The van der Waals surface area contributed by atoms with Crippen molar-refractivity contribution in [2.45, 2.75) is 76.5 Å². The Kier molecular flexibility index (Phi) is 12.0. The van der Waals surface area contributed by atoms with Crippen molar-refractivity contribution in [1.82, 2.24) is 19.9 Å². The molecule has 13 heteroatoms. The van der Waals surface area contributed by atoms with E-state index < -0.39 is 21.2 Å². The van der Waals surface area contributed by atoms with Gasteiger partial charge in [-0.15, -0.1) is 0 Å². The van der Waals surface area contributed by atoms with Crippen molar-refractivity contribution in [1.29, 1.82) is 0 Å². The Labute approximate surface area is 313 Å². The Morgan fingerprint density at radius 2 is 1.94 bits per heavy atom. The molecule has 0 unspecified atom stereocenters. The lowest BCUT2D eigenvalue weighted by Crippen LogP contribution is -2.56. The topological polar surface area (TPSA) is 130 Å². The maximum absolute atomic E-state index is 13.2. The molecule has 8 rings (SSSR count). The summed E-state index contributed by atoms with van der Waals surface area (Å²) in [5.74, 6) is 0.147. The molecular weight excluding hydrogens is 702 g/mol. The maximum atomic E-state index is 13.2. The molecule has 1 spiro atoms. The van der Waals surface area contributed by atoms with Crippen LogP contribution in [-0.2, 0) is 31.4 Å². The number of rotatable bonds is 0. The zero-order valence-corrected chi connectivity index (χ0v) is 31.2. The Bertz CT molecular complexity index is 1750.